The highest BCUT2D eigenvalue weighted by molar-refractivity contribution is 7.61. The highest BCUT2D eigenvalue weighted by atomic mass is 31.2. The molecule has 0 saturated heterocycles. The molecule has 0 aliphatic carbocycles. The summed E-state index contributed by atoms with van der Waals surface area (Å²) in [4.78, 5) is 29.2. The minimum atomic E-state index is -3.06. The zero-order valence-corrected chi connectivity index (χ0v) is 30.9. The molecule has 0 aliphatic heterocycles. The van der Waals surface area contributed by atoms with Gasteiger partial charge in [-0.2, -0.15) is 0 Å². The molecular formula is C27H65O9P3. The van der Waals surface area contributed by atoms with E-state index < -0.39 is 59.1 Å². The molecule has 242 valence electrons. The zero-order chi connectivity index (χ0) is 33.5. The van der Waals surface area contributed by atoms with E-state index in [1.807, 2.05) is 0 Å². The second kappa shape index (κ2) is 15.3. The van der Waals surface area contributed by atoms with E-state index in [-0.39, 0.29) is 13.2 Å². The van der Waals surface area contributed by atoms with Gasteiger partial charge in [-0.3, -0.25) is 13.7 Å². The fourth-order valence-corrected chi connectivity index (χ4v) is 9.11. The van der Waals surface area contributed by atoms with Gasteiger partial charge >= 0.3 is 0 Å². The Morgan fingerprint density at radius 2 is 0.513 bits per heavy atom. The summed E-state index contributed by atoms with van der Waals surface area (Å²) in [6, 6.07) is 0. The average Bonchev–Trinajstić information content (AvgIpc) is 2.63. The molecule has 39 heavy (non-hydrogen) atoms. The summed E-state index contributed by atoms with van der Waals surface area (Å²) in [5, 5.41) is 21.0. The first-order chi connectivity index (χ1) is 16.3. The van der Waals surface area contributed by atoms with Gasteiger partial charge in [0.05, 0.1) is 13.2 Å². The molecule has 0 fully saturated rings. The molecular weight excluding hydrogens is 561 g/mol. The minimum Gasteiger partial charge on any atom is -0.394 e. The number of aliphatic hydroxyl groups excluding tert-OH is 3. The van der Waals surface area contributed by atoms with Gasteiger partial charge in [0.15, 0.2) is 0 Å². The number of hydrogen-bond acceptors (Lipinski definition) is 6. The van der Waals surface area contributed by atoms with Crippen LogP contribution in [0.4, 0.5) is 0 Å². The predicted octanol–water partition coefficient (Wildman–Crippen LogP) is 6.89. The molecule has 0 unspecified atom stereocenters. The van der Waals surface area contributed by atoms with Crippen molar-refractivity contribution in [2.45, 2.75) is 162 Å². The van der Waals surface area contributed by atoms with Crippen LogP contribution in [-0.2, 0) is 13.7 Å². The zero-order valence-electron chi connectivity index (χ0n) is 28.2. The third kappa shape index (κ3) is 15.0. The largest absolute Gasteiger partial charge is 0.394 e. The van der Waals surface area contributed by atoms with E-state index in [9.17, 15) is 28.4 Å². The standard InChI is InChI=1S/3C8H19O2P.C3H8O3/c3*1-7(2,3)11(9,10)8(4,5)6;4-1-3(6)2-5/h3*1-6H3,(H,9,10);3-6H,1-2H2. The molecule has 12 heteroatoms. The molecule has 0 aromatic rings. The Morgan fingerprint density at radius 3 is 0.513 bits per heavy atom. The van der Waals surface area contributed by atoms with Crippen molar-refractivity contribution in [3.05, 3.63) is 0 Å². The Balaban J connectivity index is -0.000000214. The fraction of sp³-hybridized carbons (Fsp3) is 1.00. The van der Waals surface area contributed by atoms with E-state index >= 15 is 0 Å². The van der Waals surface area contributed by atoms with Crippen molar-refractivity contribution in [2.75, 3.05) is 13.2 Å². The maximum atomic E-state index is 11.8. The Morgan fingerprint density at radius 1 is 0.410 bits per heavy atom. The smallest absolute Gasteiger partial charge is 0.210 e. The maximum absolute atomic E-state index is 11.8. The van der Waals surface area contributed by atoms with Crippen molar-refractivity contribution < 1.29 is 43.7 Å². The first kappa shape index (κ1) is 46.4. The Kier molecular flexibility index (Phi) is 18.2. The van der Waals surface area contributed by atoms with Gasteiger partial charge in [0.1, 0.15) is 6.10 Å². The monoisotopic (exact) mass is 626 g/mol. The van der Waals surface area contributed by atoms with E-state index in [4.69, 9.17) is 15.3 Å². The summed E-state index contributed by atoms with van der Waals surface area (Å²) in [6.07, 6.45) is -0.954. The lowest BCUT2D eigenvalue weighted by atomic mass is 10.2. The first-order valence-corrected chi connectivity index (χ1v) is 18.2. The molecule has 0 saturated carbocycles. The van der Waals surface area contributed by atoms with Crippen molar-refractivity contribution >= 4 is 22.1 Å². The fourth-order valence-electron chi connectivity index (χ4n) is 3.08. The molecule has 9 nitrogen and oxygen atoms in total. The van der Waals surface area contributed by atoms with Gasteiger partial charge in [0.25, 0.3) is 0 Å². The summed E-state index contributed by atoms with van der Waals surface area (Å²) < 4.78 is 35.4. The van der Waals surface area contributed by atoms with Crippen LogP contribution in [0.15, 0.2) is 0 Å². The molecule has 6 N–H and O–H groups in total. The molecule has 0 radical (unpaired) electrons. The highest BCUT2D eigenvalue weighted by Gasteiger charge is 2.46. The van der Waals surface area contributed by atoms with Crippen LogP contribution in [0.1, 0.15) is 125 Å². The topological polar surface area (TPSA) is 173 Å². The first-order valence-electron chi connectivity index (χ1n) is 13.2. The Labute approximate surface area is 240 Å². The van der Waals surface area contributed by atoms with Gasteiger partial charge in [0.2, 0.25) is 22.1 Å². The number of hydrogen-bond donors (Lipinski definition) is 6. The molecule has 0 aliphatic rings. The average molecular weight is 627 g/mol. The van der Waals surface area contributed by atoms with Gasteiger partial charge in [-0.15, -0.1) is 0 Å². The van der Waals surface area contributed by atoms with E-state index in [2.05, 4.69) is 0 Å². The van der Waals surface area contributed by atoms with Crippen molar-refractivity contribution in [3.63, 3.8) is 0 Å². The molecule has 0 bridgehead atoms. The van der Waals surface area contributed by atoms with Crippen LogP contribution < -0.4 is 0 Å². The van der Waals surface area contributed by atoms with Crippen LogP contribution in [0.25, 0.3) is 0 Å². The second-order valence-electron chi connectivity index (χ2n) is 15.8. The van der Waals surface area contributed by atoms with E-state index in [1.54, 1.807) is 125 Å². The lowest BCUT2D eigenvalue weighted by molar-refractivity contribution is 0.0450. The van der Waals surface area contributed by atoms with E-state index in [1.165, 1.54) is 0 Å². The maximum Gasteiger partial charge on any atom is 0.210 e. The van der Waals surface area contributed by atoms with E-state index in [0.29, 0.717) is 0 Å². The summed E-state index contributed by atoms with van der Waals surface area (Å²) >= 11 is 0. The quantitative estimate of drug-likeness (QED) is 0.178. The molecule has 0 atom stereocenters. The number of aliphatic hydroxyl groups is 3. The molecule has 0 amide bonds. The third-order valence-electron chi connectivity index (χ3n) is 5.88. The van der Waals surface area contributed by atoms with Crippen LogP contribution in [0.5, 0.6) is 0 Å². The van der Waals surface area contributed by atoms with Crippen molar-refractivity contribution in [3.8, 4) is 0 Å². The predicted molar refractivity (Wildman–Crippen MR) is 168 cm³/mol. The third-order valence-corrected chi connectivity index (χ3v) is 16.8. The van der Waals surface area contributed by atoms with Gasteiger partial charge in [0, 0.05) is 30.9 Å². The number of rotatable bonds is 2. The molecule has 0 aromatic heterocycles. The SMILES string of the molecule is CC(C)(C)P(=O)(O)C(C)(C)C.CC(C)(C)P(=O)(O)C(C)(C)C.CC(C)(C)P(=O)(O)C(C)(C)C.OCC(O)CO. The summed E-state index contributed by atoms with van der Waals surface area (Å²) in [7, 11) is -9.18. The van der Waals surface area contributed by atoms with Crippen LogP contribution in [-0.4, -0.2) is 80.3 Å². The van der Waals surface area contributed by atoms with Crippen molar-refractivity contribution in [1.82, 2.24) is 0 Å². The highest BCUT2D eigenvalue weighted by Crippen LogP contribution is 2.64. The van der Waals surface area contributed by atoms with Gasteiger partial charge in [-0.25, -0.2) is 0 Å². The van der Waals surface area contributed by atoms with Crippen LogP contribution >= 0.6 is 22.1 Å². The lowest BCUT2D eigenvalue weighted by Gasteiger charge is -2.35. The van der Waals surface area contributed by atoms with Gasteiger partial charge in [-0.1, -0.05) is 125 Å². The summed E-state index contributed by atoms with van der Waals surface area (Å²) in [6.45, 7) is 31.8. The Hall–Kier alpha value is 0.450. The second-order valence-corrected chi connectivity index (χ2v) is 27.3. The van der Waals surface area contributed by atoms with Crippen molar-refractivity contribution in [1.29, 1.82) is 0 Å². The summed E-state index contributed by atoms with van der Waals surface area (Å²) in [5.41, 5.74) is 0. The van der Waals surface area contributed by atoms with E-state index in [0.717, 1.165) is 0 Å². The van der Waals surface area contributed by atoms with Crippen molar-refractivity contribution in [2.24, 2.45) is 0 Å². The van der Waals surface area contributed by atoms with Gasteiger partial charge in [-0.05, 0) is 0 Å². The normalized spacial score (nSPS) is 14.4. The van der Waals surface area contributed by atoms with Crippen LogP contribution in [0.3, 0.4) is 0 Å². The van der Waals surface area contributed by atoms with Gasteiger partial charge < -0.3 is 30.0 Å². The molecule has 0 heterocycles. The van der Waals surface area contributed by atoms with Crippen LogP contribution in [0, 0.1) is 0 Å². The molecule has 0 aromatic carbocycles. The van der Waals surface area contributed by atoms with Crippen LogP contribution in [0.2, 0.25) is 0 Å². The minimum absolute atomic E-state index is 0.365. The lowest BCUT2D eigenvalue weighted by Crippen LogP contribution is -2.28. The molecule has 0 rings (SSSR count). The molecule has 0 spiro atoms. The Bertz CT molecular complexity index is 680. The summed E-state index contributed by atoms with van der Waals surface area (Å²) in [5.74, 6) is 0.